The van der Waals surface area contributed by atoms with Crippen LogP contribution >= 0.6 is 12.4 Å². The Balaban J connectivity index is 0.00000462. The highest BCUT2D eigenvalue weighted by atomic mass is 35.5. The van der Waals surface area contributed by atoms with Gasteiger partial charge >= 0.3 is 12.4 Å². The topological polar surface area (TPSA) is 49.0 Å². The molecule has 41 heavy (non-hydrogen) atoms. The Morgan fingerprint density at radius 2 is 1.56 bits per heavy atom. The largest absolute Gasteiger partial charge is 0.416 e. The molecule has 4 rings (SSSR count). The first-order valence-corrected chi connectivity index (χ1v) is 13.3. The number of halogens is 7. The second-order valence-electron chi connectivity index (χ2n) is 10.6. The predicted octanol–water partition coefficient (Wildman–Crippen LogP) is 6.77. The second kappa shape index (κ2) is 13.6. The SMILES string of the molecule is COCCCOC[C@@H]1C[C@]2(c3ccccc3)N[C@H]1CC[C@@]2(COC)OCc1cc(C(F)(F)F)cc(C(F)(F)F)c1.Cl. The Bertz CT molecular complexity index is 1090. The van der Waals surface area contributed by atoms with Crippen molar-refractivity contribution in [2.45, 2.75) is 61.8 Å². The fraction of sp³-hybridized carbons (Fsp3) is 0.586. The van der Waals surface area contributed by atoms with Crippen LogP contribution in [-0.4, -0.2) is 52.3 Å². The minimum absolute atomic E-state index is 0. The fourth-order valence-corrected chi connectivity index (χ4v) is 6.15. The number of methoxy groups -OCH3 is 2. The number of alkyl halides is 6. The van der Waals surface area contributed by atoms with Gasteiger partial charge in [0, 0.05) is 33.5 Å². The van der Waals surface area contributed by atoms with Crippen molar-refractivity contribution in [2.75, 3.05) is 40.6 Å². The molecular formula is C29H36ClF6NO4. The minimum atomic E-state index is -4.94. The van der Waals surface area contributed by atoms with E-state index in [4.69, 9.17) is 18.9 Å². The van der Waals surface area contributed by atoms with Crippen LogP contribution in [0.15, 0.2) is 48.5 Å². The van der Waals surface area contributed by atoms with Gasteiger partial charge in [-0.05, 0) is 60.9 Å². The lowest BCUT2D eigenvalue weighted by Crippen LogP contribution is -2.65. The zero-order valence-electron chi connectivity index (χ0n) is 22.9. The summed E-state index contributed by atoms with van der Waals surface area (Å²) in [5.74, 6) is 0.121. The molecule has 2 bridgehead atoms. The van der Waals surface area contributed by atoms with Crippen molar-refractivity contribution in [3.63, 3.8) is 0 Å². The summed E-state index contributed by atoms with van der Waals surface area (Å²) < 4.78 is 104. The van der Waals surface area contributed by atoms with Gasteiger partial charge in [-0.2, -0.15) is 26.3 Å². The average Bonchev–Trinajstić information content (AvgIpc) is 3.24. The van der Waals surface area contributed by atoms with E-state index in [0.29, 0.717) is 39.1 Å². The Hall–Kier alpha value is -1.89. The number of nitrogens with one attached hydrogen (secondary N) is 1. The van der Waals surface area contributed by atoms with E-state index in [1.165, 1.54) is 7.11 Å². The lowest BCUT2D eigenvalue weighted by molar-refractivity contribution is -0.167. The molecule has 1 N–H and O–H groups in total. The minimum Gasteiger partial charge on any atom is -0.385 e. The van der Waals surface area contributed by atoms with E-state index in [0.717, 1.165) is 24.1 Å². The lowest BCUT2D eigenvalue weighted by Gasteiger charge is -2.52. The fourth-order valence-electron chi connectivity index (χ4n) is 6.15. The maximum Gasteiger partial charge on any atom is 0.416 e. The molecule has 0 unspecified atom stereocenters. The van der Waals surface area contributed by atoms with E-state index in [1.54, 1.807) is 7.11 Å². The number of ether oxygens (including phenoxy) is 4. The first-order chi connectivity index (χ1) is 18.9. The highest BCUT2D eigenvalue weighted by Crippen LogP contribution is 2.53. The molecule has 0 amide bonds. The summed E-state index contributed by atoms with van der Waals surface area (Å²) >= 11 is 0. The van der Waals surface area contributed by atoms with Crippen LogP contribution in [0.25, 0.3) is 0 Å². The molecule has 2 aliphatic heterocycles. The van der Waals surface area contributed by atoms with E-state index < -0.39 is 41.2 Å². The van der Waals surface area contributed by atoms with Crippen LogP contribution in [0.2, 0.25) is 0 Å². The average molecular weight is 612 g/mol. The molecule has 4 atom stereocenters. The van der Waals surface area contributed by atoms with Gasteiger partial charge in [0.2, 0.25) is 0 Å². The smallest absolute Gasteiger partial charge is 0.385 e. The molecule has 0 saturated carbocycles. The summed E-state index contributed by atoms with van der Waals surface area (Å²) in [6.07, 6.45) is -7.33. The number of benzene rings is 2. The van der Waals surface area contributed by atoms with E-state index in [9.17, 15) is 26.3 Å². The van der Waals surface area contributed by atoms with Gasteiger partial charge in [0.25, 0.3) is 0 Å². The molecule has 2 aliphatic rings. The summed E-state index contributed by atoms with van der Waals surface area (Å²) in [6, 6.07) is 11.2. The van der Waals surface area contributed by atoms with Crippen molar-refractivity contribution < 1.29 is 45.3 Å². The van der Waals surface area contributed by atoms with Gasteiger partial charge in [0.15, 0.2) is 0 Å². The van der Waals surface area contributed by atoms with Crippen molar-refractivity contribution in [1.29, 1.82) is 0 Å². The number of piperidine rings is 1. The van der Waals surface area contributed by atoms with Crippen LogP contribution in [0, 0.1) is 5.92 Å². The quantitative estimate of drug-likeness (QED) is 0.212. The zero-order chi connectivity index (χ0) is 29.0. The molecule has 2 aromatic carbocycles. The highest BCUT2D eigenvalue weighted by molar-refractivity contribution is 5.85. The monoisotopic (exact) mass is 611 g/mol. The number of rotatable bonds is 12. The Kier molecular flexibility index (Phi) is 11.2. The van der Waals surface area contributed by atoms with Gasteiger partial charge < -0.3 is 24.3 Å². The van der Waals surface area contributed by atoms with Crippen molar-refractivity contribution >= 4 is 12.4 Å². The molecular weight excluding hydrogens is 576 g/mol. The first-order valence-electron chi connectivity index (χ1n) is 13.3. The number of hydrogen-bond acceptors (Lipinski definition) is 5. The van der Waals surface area contributed by atoms with Crippen LogP contribution < -0.4 is 5.32 Å². The molecule has 0 spiro atoms. The second-order valence-corrected chi connectivity index (χ2v) is 10.6. The Morgan fingerprint density at radius 1 is 0.902 bits per heavy atom. The normalized spacial score (nSPS) is 26.1. The maximum absolute atomic E-state index is 13.5. The predicted molar refractivity (Wildman–Crippen MR) is 143 cm³/mol. The molecule has 2 saturated heterocycles. The molecule has 2 fully saturated rings. The van der Waals surface area contributed by atoms with Crippen LogP contribution in [0.5, 0.6) is 0 Å². The molecule has 2 aromatic rings. The highest BCUT2D eigenvalue weighted by Gasteiger charge is 2.62. The van der Waals surface area contributed by atoms with Gasteiger partial charge in [-0.25, -0.2) is 0 Å². The van der Waals surface area contributed by atoms with E-state index >= 15 is 0 Å². The standard InChI is InChI=1S/C29H35F6NO4.ClH/c1-37-11-6-12-39-18-21-16-27(22-7-4-3-5-8-22)26(19-38-2,10-9-25(21)36-27)40-17-20-13-23(28(30,31)32)15-24(14-20)29(33,34)35;/h3-5,7-8,13-15,21,25,36H,6,9-12,16-19H2,1-2H3;1H/t21-,25-,26-,27+;/m0./s1. The Morgan fingerprint density at radius 3 is 2.15 bits per heavy atom. The maximum atomic E-state index is 13.5. The zero-order valence-corrected chi connectivity index (χ0v) is 23.8. The third-order valence-corrected chi connectivity index (χ3v) is 7.98. The summed E-state index contributed by atoms with van der Waals surface area (Å²) in [5, 5.41) is 3.74. The number of fused-ring (bicyclic) bond motifs is 2. The third kappa shape index (κ3) is 7.37. The van der Waals surface area contributed by atoms with Gasteiger partial charge in [-0.3, -0.25) is 0 Å². The summed E-state index contributed by atoms with van der Waals surface area (Å²) in [7, 11) is 3.14. The van der Waals surface area contributed by atoms with Gasteiger partial charge in [0.1, 0.15) is 5.60 Å². The van der Waals surface area contributed by atoms with E-state index in [1.807, 2.05) is 30.3 Å². The molecule has 5 nitrogen and oxygen atoms in total. The van der Waals surface area contributed by atoms with Crippen LogP contribution in [-0.2, 0) is 43.4 Å². The molecule has 0 aliphatic carbocycles. The summed E-state index contributed by atoms with van der Waals surface area (Å²) in [5.41, 5.74) is -3.88. The Labute approximate surface area is 242 Å². The molecule has 12 heteroatoms. The molecule has 0 radical (unpaired) electrons. The van der Waals surface area contributed by atoms with Crippen molar-refractivity contribution in [1.82, 2.24) is 5.32 Å². The molecule has 230 valence electrons. The summed E-state index contributed by atoms with van der Waals surface area (Å²) in [4.78, 5) is 0. The van der Waals surface area contributed by atoms with Crippen molar-refractivity contribution in [3.8, 4) is 0 Å². The van der Waals surface area contributed by atoms with Crippen molar-refractivity contribution in [2.24, 2.45) is 5.92 Å². The van der Waals surface area contributed by atoms with E-state index in [2.05, 4.69) is 5.32 Å². The lowest BCUT2D eigenvalue weighted by atomic mass is 9.70. The third-order valence-electron chi connectivity index (χ3n) is 7.98. The molecule has 2 heterocycles. The van der Waals surface area contributed by atoms with Crippen LogP contribution in [0.3, 0.4) is 0 Å². The van der Waals surface area contributed by atoms with Gasteiger partial charge in [-0.1, -0.05) is 30.3 Å². The summed E-state index contributed by atoms with van der Waals surface area (Å²) in [6.45, 7) is 1.29. The van der Waals surface area contributed by atoms with Crippen LogP contribution in [0.4, 0.5) is 26.3 Å². The number of hydrogen-bond donors (Lipinski definition) is 1. The van der Waals surface area contributed by atoms with Gasteiger partial charge in [-0.15, -0.1) is 12.4 Å². The van der Waals surface area contributed by atoms with Gasteiger partial charge in [0.05, 0.1) is 36.5 Å². The first kappa shape index (κ1) is 33.6. The van der Waals surface area contributed by atoms with Crippen LogP contribution in [0.1, 0.15) is 47.9 Å². The molecule has 0 aromatic heterocycles. The van der Waals surface area contributed by atoms with E-state index in [-0.39, 0.29) is 42.6 Å². The van der Waals surface area contributed by atoms with Crippen molar-refractivity contribution in [3.05, 3.63) is 70.8 Å².